The Kier molecular flexibility index (Phi) is 4.33. The zero-order valence-corrected chi connectivity index (χ0v) is 15.9. The van der Waals surface area contributed by atoms with E-state index in [1.165, 1.54) is 4.68 Å². The molecule has 2 aromatic heterocycles. The topological polar surface area (TPSA) is 81.8 Å². The van der Waals surface area contributed by atoms with E-state index in [9.17, 15) is 9.59 Å². The van der Waals surface area contributed by atoms with Crippen molar-refractivity contribution in [2.24, 2.45) is 0 Å². The smallest absolute Gasteiger partial charge is 0.267 e. The summed E-state index contributed by atoms with van der Waals surface area (Å²) in [6.45, 7) is 0.277. The van der Waals surface area contributed by atoms with Gasteiger partial charge in [-0.25, -0.2) is 14.3 Å². The molecule has 1 amide bonds. The first kappa shape index (κ1) is 17.8. The van der Waals surface area contributed by atoms with Gasteiger partial charge in [-0.1, -0.05) is 60.7 Å². The third-order valence-corrected chi connectivity index (χ3v) is 4.93. The quantitative estimate of drug-likeness (QED) is 0.507. The molecule has 0 radical (unpaired) electrons. The Hall–Kier alpha value is -4.26. The number of rotatable bonds is 4. The molecule has 0 fully saturated rings. The second kappa shape index (κ2) is 7.29. The molecule has 0 bridgehead atoms. The van der Waals surface area contributed by atoms with Crippen LogP contribution in [0.4, 0.5) is 0 Å². The SMILES string of the molecule is O=C(Nn1cnc2ccccc21)c1nn(Cc2ccccc2)c(=O)c2ccccc12. The summed E-state index contributed by atoms with van der Waals surface area (Å²) in [6.07, 6.45) is 1.55. The zero-order chi connectivity index (χ0) is 20.5. The monoisotopic (exact) mass is 395 g/mol. The highest BCUT2D eigenvalue weighted by atomic mass is 16.2. The van der Waals surface area contributed by atoms with Gasteiger partial charge in [0.15, 0.2) is 5.69 Å². The van der Waals surface area contributed by atoms with Gasteiger partial charge in [-0.15, -0.1) is 0 Å². The van der Waals surface area contributed by atoms with E-state index in [2.05, 4.69) is 15.5 Å². The lowest BCUT2D eigenvalue weighted by molar-refractivity contribution is 0.100. The Morgan fingerprint density at radius 1 is 0.867 bits per heavy atom. The number of para-hydroxylation sites is 2. The van der Waals surface area contributed by atoms with Gasteiger partial charge in [0.25, 0.3) is 11.5 Å². The number of nitrogens with one attached hydrogen (secondary N) is 1. The predicted octanol–water partition coefficient (Wildman–Crippen LogP) is 3.18. The van der Waals surface area contributed by atoms with Gasteiger partial charge in [0, 0.05) is 5.39 Å². The van der Waals surface area contributed by atoms with Gasteiger partial charge in [-0.2, -0.15) is 5.10 Å². The van der Waals surface area contributed by atoms with Crippen molar-refractivity contribution in [1.82, 2.24) is 19.4 Å². The van der Waals surface area contributed by atoms with Gasteiger partial charge >= 0.3 is 0 Å². The van der Waals surface area contributed by atoms with Crippen LogP contribution in [0.15, 0.2) is 90.0 Å². The molecule has 0 spiro atoms. The molecule has 0 aliphatic rings. The number of hydrogen-bond donors (Lipinski definition) is 1. The number of benzene rings is 3. The lowest BCUT2D eigenvalue weighted by Crippen LogP contribution is -2.30. The number of nitrogens with zero attached hydrogens (tertiary/aromatic N) is 4. The predicted molar refractivity (Wildman–Crippen MR) is 115 cm³/mol. The lowest BCUT2D eigenvalue weighted by Gasteiger charge is -2.12. The van der Waals surface area contributed by atoms with E-state index >= 15 is 0 Å². The molecule has 3 aromatic carbocycles. The third kappa shape index (κ3) is 3.12. The fourth-order valence-electron chi connectivity index (χ4n) is 3.48. The van der Waals surface area contributed by atoms with Crippen molar-refractivity contribution in [1.29, 1.82) is 0 Å². The molecule has 7 heteroatoms. The molecule has 0 unspecified atom stereocenters. The molecule has 0 aliphatic carbocycles. The number of carbonyl (C=O) groups is 1. The summed E-state index contributed by atoms with van der Waals surface area (Å²) in [4.78, 5) is 30.4. The molecule has 30 heavy (non-hydrogen) atoms. The van der Waals surface area contributed by atoms with Crippen molar-refractivity contribution in [2.45, 2.75) is 6.54 Å². The molecule has 0 saturated carbocycles. The van der Waals surface area contributed by atoms with E-state index in [0.29, 0.717) is 10.8 Å². The zero-order valence-electron chi connectivity index (χ0n) is 15.9. The summed E-state index contributed by atoms with van der Waals surface area (Å²) in [7, 11) is 0. The second-order valence-electron chi connectivity index (χ2n) is 6.89. The minimum absolute atomic E-state index is 0.180. The first-order valence-corrected chi connectivity index (χ1v) is 9.48. The fourth-order valence-corrected chi connectivity index (χ4v) is 3.48. The van der Waals surface area contributed by atoms with Crippen LogP contribution in [-0.2, 0) is 6.54 Å². The van der Waals surface area contributed by atoms with Crippen LogP contribution in [-0.4, -0.2) is 25.3 Å². The molecule has 0 saturated heterocycles. The molecule has 0 atom stereocenters. The van der Waals surface area contributed by atoms with Crippen LogP contribution >= 0.6 is 0 Å². The van der Waals surface area contributed by atoms with E-state index in [1.807, 2.05) is 54.6 Å². The Balaban J connectivity index is 1.59. The molecule has 2 heterocycles. The molecule has 7 nitrogen and oxygen atoms in total. The van der Waals surface area contributed by atoms with Gasteiger partial charge in [-0.05, 0) is 23.8 Å². The minimum Gasteiger partial charge on any atom is -0.267 e. The van der Waals surface area contributed by atoms with E-state index in [0.717, 1.165) is 16.6 Å². The average molecular weight is 395 g/mol. The van der Waals surface area contributed by atoms with Crippen molar-refractivity contribution in [3.8, 4) is 0 Å². The molecular weight excluding hydrogens is 378 g/mol. The van der Waals surface area contributed by atoms with Crippen LogP contribution in [0.25, 0.3) is 21.8 Å². The lowest BCUT2D eigenvalue weighted by atomic mass is 10.1. The molecule has 146 valence electrons. The van der Waals surface area contributed by atoms with Gasteiger partial charge in [0.2, 0.25) is 0 Å². The third-order valence-electron chi connectivity index (χ3n) is 4.93. The summed E-state index contributed by atoms with van der Waals surface area (Å²) >= 11 is 0. The van der Waals surface area contributed by atoms with Crippen molar-refractivity contribution in [3.63, 3.8) is 0 Å². The second-order valence-corrected chi connectivity index (χ2v) is 6.89. The maximum absolute atomic E-state index is 13.1. The summed E-state index contributed by atoms with van der Waals surface area (Å²) in [5.41, 5.74) is 5.23. The number of amides is 1. The molecular formula is C23H17N5O2. The summed E-state index contributed by atoms with van der Waals surface area (Å²) < 4.78 is 2.89. The van der Waals surface area contributed by atoms with E-state index in [4.69, 9.17) is 0 Å². The highest BCUT2D eigenvalue weighted by molar-refractivity contribution is 6.08. The highest BCUT2D eigenvalue weighted by Gasteiger charge is 2.18. The molecule has 5 rings (SSSR count). The number of fused-ring (bicyclic) bond motifs is 2. The largest absolute Gasteiger partial charge is 0.291 e. The highest BCUT2D eigenvalue weighted by Crippen LogP contribution is 2.15. The van der Waals surface area contributed by atoms with Crippen LogP contribution in [0.2, 0.25) is 0 Å². The van der Waals surface area contributed by atoms with E-state index < -0.39 is 5.91 Å². The van der Waals surface area contributed by atoms with Crippen molar-refractivity contribution in [2.75, 3.05) is 5.43 Å². The maximum atomic E-state index is 13.1. The Morgan fingerprint density at radius 3 is 2.40 bits per heavy atom. The van der Waals surface area contributed by atoms with Crippen LogP contribution in [0, 0.1) is 0 Å². The molecule has 1 N–H and O–H groups in total. The molecule has 0 aliphatic heterocycles. The van der Waals surface area contributed by atoms with Gasteiger partial charge in [0.1, 0.15) is 6.33 Å². The van der Waals surface area contributed by atoms with Crippen LogP contribution in [0.3, 0.4) is 0 Å². The first-order chi connectivity index (χ1) is 14.7. The average Bonchev–Trinajstić information content (AvgIpc) is 3.19. The summed E-state index contributed by atoms with van der Waals surface area (Å²) in [5.74, 6) is -0.420. The van der Waals surface area contributed by atoms with Gasteiger partial charge < -0.3 is 0 Å². The first-order valence-electron chi connectivity index (χ1n) is 9.48. The normalized spacial score (nSPS) is 11.1. The Labute approximate surface area is 171 Å². The van der Waals surface area contributed by atoms with E-state index in [-0.39, 0.29) is 17.8 Å². The van der Waals surface area contributed by atoms with Gasteiger partial charge in [0.05, 0.1) is 23.0 Å². The Bertz CT molecular complexity index is 1440. The van der Waals surface area contributed by atoms with Crippen molar-refractivity contribution in [3.05, 3.63) is 107 Å². The number of imidazole rings is 1. The maximum Gasteiger partial charge on any atom is 0.291 e. The number of hydrogen-bond acceptors (Lipinski definition) is 4. The summed E-state index contributed by atoms with van der Waals surface area (Å²) in [6, 6.07) is 24.1. The van der Waals surface area contributed by atoms with Crippen molar-refractivity contribution < 1.29 is 4.79 Å². The van der Waals surface area contributed by atoms with Crippen molar-refractivity contribution >= 4 is 27.7 Å². The standard InChI is InChI=1S/C23H17N5O2/c29-22(26-28-15-24-19-12-6-7-13-20(19)28)21-17-10-4-5-11-18(17)23(30)27(25-21)14-16-8-2-1-3-9-16/h1-13,15H,14H2,(H,26,29). The minimum atomic E-state index is -0.420. The fraction of sp³-hybridized carbons (Fsp3) is 0.0435. The number of aromatic nitrogens is 4. The van der Waals surface area contributed by atoms with E-state index in [1.54, 1.807) is 35.3 Å². The summed E-state index contributed by atoms with van der Waals surface area (Å²) in [5, 5.41) is 5.37. The number of carbonyl (C=O) groups excluding carboxylic acids is 1. The van der Waals surface area contributed by atoms with Gasteiger partial charge in [-0.3, -0.25) is 15.0 Å². The molecule has 5 aromatic rings. The van der Waals surface area contributed by atoms with Crippen LogP contribution in [0.1, 0.15) is 16.1 Å². The van der Waals surface area contributed by atoms with Crippen LogP contribution < -0.4 is 11.0 Å². The Morgan fingerprint density at radius 2 is 1.57 bits per heavy atom. The van der Waals surface area contributed by atoms with Crippen LogP contribution in [0.5, 0.6) is 0 Å².